The van der Waals surface area contributed by atoms with E-state index in [0.29, 0.717) is 24.4 Å². The summed E-state index contributed by atoms with van der Waals surface area (Å²) in [6, 6.07) is 14.2. The number of carbonyl (C=O) groups excluding carboxylic acids is 2. The van der Waals surface area contributed by atoms with Gasteiger partial charge in [-0.05, 0) is 48.6 Å². The molecule has 2 aromatic carbocycles. The van der Waals surface area contributed by atoms with Gasteiger partial charge in [0.15, 0.2) is 0 Å². The van der Waals surface area contributed by atoms with Crippen molar-refractivity contribution >= 4 is 27.5 Å². The molecule has 0 bridgehead atoms. The number of carbonyl (C=O) groups is 2. The minimum absolute atomic E-state index is 0.132. The highest BCUT2D eigenvalue weighted by atomic mass is 32.2. The minimum atomic E-state index is -3.87. The Morgan fingerprint density at radius 3 is 2.14 bits per heavy atom. The summed E-state index contributed by atoms with van der Waals surface area (Å²) >= 11 is 0. The first-order valence-electron chi connectivity index (χ1n) is 9.86. The van der Waals surface area contributed by atoms with Crippen LogP contribution in [0, 0.1) is 0 Å². The molecule has 1 unspecified atom stereocenters. The van der Waals surface area contributed by atoms with E-state index in [4.69, 9.17) is 0 Å². The van der Waals surface area contributed by atoms with E-state index < -0.39 is 22.0 Å². The number of amides is 2. The van der Waals surface area contributed by atoms with Crippen LogP contribution in [0.5, 0.6) is 0 Å². The van der Waals surface area contributed by atoms with Crippen LogP contribution in [0.3, 0.4) is 0 Å². The molecule has 1 saturated carbocycles. The van der Waals surface area contributed by atoms with Gasteiger partial charge in [-0.1, -0.05) is 44.2 Å². The van der Waals surface area contributed by atoms with Crippen LogP contribution in [0.4, 0.5) is 5.69 Å². The van der Waals surface area contributed by atoms with Crippen molar-refractivity contribution in [2.24, 2.45) is 0 Å². The van der Waals surface area contributed by atoms with Crippen LogP contribution >= 0.6 is 0 Å². The monoisotopic (exact) mass is 412 g/mol. The zero-order valence-corrected chi connectivity index (χ0v) is 17.3. The number of sulfonamides is 1. The summed E-state index contributed by atoms with van der Waals surface area (Å²) < 4.78 is 27.8. The molecule has 0 radical (unpaired) electrons. The number of rotatable bonds is 6. The van der Waals surface area contributed by atoms with E-state index in [1.807, 2.05) is 12.1 Å². The molecule has 2 fully saturated rings. The van der Waals surface area contributed by atoms with Gasteiger partial charge in [0.05, 0.1) is 17.0 Å². The molecule has 1 saturated heterocycles. The van der Waals surface area contributed by atoms with E-state index in [1.54, 1.807) is 30.3 Å². The van der Waals surface area contributed by atoms with Gasteiger partial charge in [-0.2, -0.15) is 4.31 Å². The number of benzene rings is 2. The Labute approximate surface area is 171 Å². The van der Waals surface area contributed by atoms with Crippen LogP contribution < -0.4 is 4.90 Å². The second-order valence-electron chi connectivity index (χ2n) is 7.91. The third-order valence-corrected chi connectivity index (χ3v) is 7.45. The predicted octanol–water partition coefficient (Wildman–Crippen LogP) is 3.30. The van der Waals surface area contributed by atoms with Gasteiger partial charge in [0.25, 0.3) is 5.91 Å². The van der Waals surface area contributed by atoms with Crippen molar-refractivity contribution in [3.8, 4) is 0 Å². The van der Waals surface area contributed by atoms with Crippen molar-refractivity contribution < 1.29 is 18.0 Å². The molecule has 29 heavy (non-hydrogen) atoms. The minimum Gasteiger partial charge on any atom is -0.274 e. The van der Waals surface area contributed by atoms with Crippen LogP contribution in [0.15, 0.2) is 59.5 Å². The summed E-state index contributed by atoms with van der Waals surface area (Å²) in [5.74, 6) is -0.506. The highest BCUT2D eigenvalue weighted by Crippen LogP contribution is 2.38. The van der Waals surface area contributed by atoms with Crippen molar-refractivity contribution in [3.63, 3.8) is 0 Å². The molecule has 152 valence electrons. The third kappa shape index (κ3) is 3.60. The molecule has 1 aliphatic carbocycles. The fourth-order valence-electron chi connectivity index (χ4n) is 3.76. The quantitative estimate of drug-likeness (QED) is 0.683. The van der Waals surface area contributed by atoms with Crippen molar-refractivity contribution in [2.45, 2.75) is 56.0 Å². The van der Waals surface area contributed by atoms with Crippen LogP contribution in [-0.4, -0.2) is 36.6 Å². The highest BCUT2D eigenvalue weighted by molar-refractivity contribution is 7.89. The Morgan fingerprint density at radius 1 is 0.966 bits per heavy atom. The number of anilines is 1. The maximum Gasteiger partial charge on any atom is 0.252 e. The summed E-state index contributed by atoms with van der Waals surface area (Å²) in [6.07, 6.45) is 1.27. The standard InChI is InChI=1S/C22H24N2O4S/c1-15(2)16-8-10-17(11-9-16)23-21(25)14-20(22(23)26)24(18-12-13-18)29(27,28)19-6-4-3-5-7-19/h3-11,15,18,20H,12-14H2,1-2H3. The van der Waals surface area contributed by atoms with Gasteiger partial charge in [-0.3, -0.25) is 9.59 Å². The van der Waals surface area contributed by atoms with Crippen molar-refractivity contribution in [1.29, 1.82) is 0 Å². The number of hydrogen-bond donors (Lipinski definition) is 0. The second-order valence-corrected chi connectivity index (χ2v) is 9.76. The molecule has 1 heterocycles. The summed E-state index contributed by atoms with van der Waals surface area (Å²) in [6.45, 7) is 4.14. The van der Waals surface area contributed by atoms with Crippen molar-refractivity contribution in [1.82, 2.24) is 4.31 Å². The van der Waals surface area contributed by atoms with E-state index >= 15 is 0 Å². The van der Waals surface area contributed by atoms with Gasteiger partial charge < -0.3 is 0 Å². The molecule has 0 spiro atoms. The Morgan fingerprint density at radius 2 is 1.59 bits per heavy atom. The molecule has 7 heteroatoms. The molecular weight excluding hydrogens is 388 g/mol. The normalized spacial score (nSPS) is 20.1. The van der Waals surface area contributed by atoms with Crippen molar-refractivity contribution in [3.05, 3.63) is 60.2 Å². The molecule has 1 aliphatic heterocycles. The van der Waals surface area contributed by atoms with Crippen LogP contribution in [0.2, 0.25) is 0 Å². The highest BCUT2D eigenvalue weighted by Gasteiger charge is 2.51. The van der Waals surface area contributed by atoms with Crippen LogP contribution in [-0.2, 0) is 19.6 Å². The largest absolute Gasteiger partial charge is 0.274 e. The molecule has 2 aliphatic rings. The van der Waals surface area contributed by atoms with E-state index in [9.17, 15) is 18.0 Å². The Kier molecular flexibility index (Phi) is 5.04. The Hall–Kier alpha value is -2.51. The summed E-state index contributed by atoms with van der Waals surface area (Å²) in [5.41, 5.74) is 1.59. The molecule has 2 amide bonds. The fraction of sp³-hybridized carbons (Fsp3) is 0.364. The van der Waals surface area contributed by atoms with Crippen molar-refractivity contribution in [2.75, 3.05) is 4.90 Å². The fourth-order valence-corrected chi connectivity index (χ4v) is 5.60. The first kappa shape index (κ1) is 19.8. The first-order valence-corrected chi connectivity index (χ1v) is 11.3. The maximum absolute atomic E-state index is 13.3. The number of imide groups is 1. The first-order chi connectivity index (χ1) is 13.8. The Balaban J connectivity index is 1.66. The van der Waals surface area contributed by atoms with E-state index in [-0.39, 0.29) is 23.3 Å². The van der Waals surface area contributed by atoms with Gasteiger partial charge in [0.2, 0.25) is 15.9 Å². The van der Waals surface area contributed by atoms with Crippen LogP contribution in [0.25, 0.3) is 0 Å². The van der Waals surface area contributed by atoms with Gasteiger partial charge in [0.1, 0.15) is 6.04 Å². The molecule has 0 aromatic heterocycles. The molecular formula is C22H24N2O4S. The van der Waals surface area contributed by atoms with E-state index in [2.05, 4.69) is 13.8 Å². The number of hydrogen-bond acceptors (Lipinski definition) is 4. The third-order valence-electron chi connectivity index (χ3n) is 5.47. The molecule has 2 aromatic rings. The van der Waals surface area contributed by atoms with Gasteiger partial charge in [-0.25, -0.2) is 13.3 Å². The predicted molar refractivity (Wildman–Crippen MR) is 110 cm³/mol. The lowest BCUT2D eigenvalue weighted by atomic mass is 10.0. The molecule has 1 atom stereocenters. The molecule has 0 N–H and O–H groups in total. The molecule has 4 rings (SSSR count). The average Bonchev–Trinajstić information content (AvgIpc) is 3.48. The van der Waals surface area contributed by atoms with Gasteiger partial charge >= 0.3 is 0 Å². The van der Waals surface area contributed by atoms with Gasteiger partial charge in [-0.15, -0.1) is 0 Å². The SMILES string of the molecule is CC(C)c1ccc(N2C(=O)CC(N(C3CC3)S(=O)(=O)c3ccccc3)C2=O)cc1. The topological polar surface area (TPSA) is 74.8 Å². The summed E-state index contributed by atoms with van der Waals surface area (Å²) in [5, 5.41) is 0. The Bertz CT molecular complexity index is 1030. The average molecular weight is 413 g/mol. The summed E-state index contributed by atoms with van der Waals surface area (Å²) in [4.78, 5) is 27.2. The second kappa shape index (κ2) is 7.39. The van der Waals surface area contributed by atoms with E-state index in [0.717, 1.165) is 10.5 Å². The lowest BCUT2D eigenvalue weighted by Gasteiger charge is -2.26. The van der Waals surface area contributed by atoms with E-state index in [1.165, 1.54) is 16.4 Å². The number of nitrogens with zero attached hydrogens (tertiary/aromatic N) is 2. The maximum atomic E-state index is 13.3. The zero-order valence-electron chi connectivity index (χ0n) is 16.5. The lowest BCUT2D eigenvalue weighted by Crippen LogP contribution is -2.46. The lowest BCUT2D eigenvalue weighted by molar-refractivity contribution is -0.122. The molecule has 6 nitrogen and oxygen atoms in total. The smallest absolute Gasteiger partial charge is 0.252 e. The van der Waals surface area contributed by atoms with Crippen LogP contribution in [0.1, 0.15) is 44.6 Å². The van der Waals surface area contributed by atoms with Gasteiger partial charge in [0, 0.05) is 6.04 Å². The summed E-state index contributed by atoms with van der Waals surface area (Å²) in [7, 11) is -3.87. The zero-order chi connectivity index (χ0) is 20.8.